The molecule has 26 heavy (non-hydrogen) atoms. The highest BCUT2D eigenvalue weighted by Gasteiger charge is 2.54. The molecule has 0 aliphatic heterocycles. The van der Waals surface area contributed by atoms with E-state index in [1.165, 1.54) is 19.3 Å². The average Bonchev–Trinajstić information content (AvgIpc) is 3.11. The van der Waals surface area contributed by atoms with Crippen LogP contribution in [0.15, 0.2) is 18.7 Å². The monoisotopic (exact) mass is 358 g/mol. The van der Waals surface area contributed by atoms with Crippen LogP contribution in [0.5, 0.6) is 0 Å². The van der Waals surface area contributed by atoms with Gasteiger partial charge in [0.05, 0.1) is 12.9 Å². The van der Waals surface area contributed by atoms with Gasteiger partial charge in [-0.15, -0.1) is 0 Å². The molecule has 4 saturated carbocycles. The molecule has 1 heterocycles. The molecule has 6 nitrogen and oxygen atoms in total. The van der Waals surface area contributed by atoms with Crippen molar-refractivity contribution < 1.29 is 9.59 Å². The third-order valence-electron chi connectivity index (χ3n) is 6.65. The van der Waals surface area contributed by atoms with Gasteiger partial charge in [-0.1, -0.05) is 0 Å². The van der Waals surface area contributed by atoms with Crippen LogP contribution >= 0.6 is 0 Å². The zero-order valence-corrected chi connectivity index (χ0v) is 15.5. The maximum absolute atomic E-state index is 12.8. The van der Waals surface area contributed by atoms with Crippen LogP contribution in [0.25, 0.3) is 0 Å². The van der Waals surface area contributed by atoms with E-state index in [2.05, 4.69) is 15.6 Å². The van der Waals surface area contributed by atoms with Crippen LogP contribution in [0.1, 0.15) is 51.4 Å². The Bertz CT molecular complexity index is 605. The summed E-state index contributed by atoms with van der Waals surface area (Å²) in [5.41, 5.74) is -0.167. The Labute approximate surface area is 155 Å². The van der Waals surface area contributed by atoms with Gasteiger partial charge < -0.3 is 15.2 Å². The lowest BCUT2D eigenvalue weighted by molar-refractivity contribution is -0.147. The van der Waals surface area contributed by atoms with E-state index in [1.54, 1.807) is 12.5 Å². The Kier molecular flexibility index (Phi) is 5.00. The molecule has 4 bridgehead atoms. The van der Waals surface area contributed by atoms with Gasteiger partial charge in [0.2, 0.25) is 11.8 Å². The maximum atomic E-state index is 12.8. The summed E-state index contributed by atoms with van der Waals surface area (Å²) in [6.45, 7) is 1.68. The van der Waals surface area contributed by atoms with Gasteiger partial charge in [-0.3, -0.25) is 9.59 Å². The molecule has 4 aliphatic carbocycles. The second-order valence-electron chi connectivity index (χ2n) is 8.74. The first-order valence-electron chi connectivity index (χ1n) is 10.1. The van der Waals surface area contributed by atoms with Crippen molar-refractivity contribution in [1.29, 1.82) is 0 Å². The zero-order valence-electron chi connectivity index (χ0n) is 15.5. The summed E-state index contributed by atoms with van der Waals surface area (Å²) in [4.78, 5) is 28.8. The Morgan fingerprint density at radius 3 is 2.35 bits per heavy atom. The van der Waals surface area contributed by atoms with Crippen LogP contribution in [0.4, 0.5) is 0 Å². The number of nitrogens with zero attached hydrogens (tertiary/aromatic N) is 2. The summed E-state index contributed by atoms with van der Waals surface area (Å²) >= 11 is 0. The van der Waals surface area contributed by atoms with Gasteiger partial charge in [-0.25, -0.2) is 4.98 Å². The molecule has 0 aromatic carbocycles. The van der Waals surface area contributed by atoms with E-state index >= 15 is 0 Å². The molecule has 1 aromatic heterocycles. The van der Waals surface area contributed by atoms with Crippen molar-refractivity contribution in [2.45, 2.75) is 57.9 Å². The summed E-state index contributed by atoms with van der Waals surface area (Å²) in [6, 6.07) is 0. The Morgan fingerprint density at radius 2 is 1.73 bits per heavy atom. The van der Waals surface area contributed by atoms with Gasteiger partial charge in [0, 0.05) is 30.9 Å². The fourth-order valence-corrected chi connectivity index (χ4v) is 5.87. The molecule has 4 fully saturated rings. The van der Waals surface area contributed by atoms with E-state index in [9.17, 15) is 9.59 Å². The predicted molar refractivity (Wildman–Crippen MR) is 98.1 cm³/mol. The smallest absolute Gasteiger partial charge is 0.239 e. The number of hydrogen-bond donors (Lipinski definition) is 2. The minimum atomic E-state index is -0.167. The molecule has 2 amide bonds. The van der Waals surface area contributed by atoms with Gasteiger partial charge in [-0.2, -0.15) is 0 Å². The molecular weight excluding hydrogens is 328 g/mol. The number of nitrogens with one attached hydrogen (secondary N) is 2. The van der Waals surface area contributed by atoms with Crippen LogP contribution in [-0.2, 0) is 16.1 Å². The summed E-state index contributed by atoms with van der Waals surface area (Å²) in [5, 5.41) is 5.85. The Balaban J connectivity index is 1.15. The van der Waals surface area contributed by atoms with Crippen molar-refractivity contribution in [2.24, 2.45) is 23.2 Å². The molecule has 2 N–H and O–H groups in total. The molecule has 142 valence electrons. The topological polar surface area (TPSA) is 76.0 Å². The quantitative estimate of drug-likeness (QED) is 0.699. The SMILES string of the molecule is O=C(CNC(=O)C12CC3CC(CC(C3)C1)C2)NCCCCn1ccnc1. The number of carbonyl (C=O) groups excluding carboxylic acids is 2. The van der Waals surface area contributed by atoms with E-state index < -0.39 is 0 Å². The first-order chi connectivity index (χ1) is 12.6. The predicted octanol–water partition coefficient (Wildman–Crippen LogP) is 2.11. The van der Waals surface area contributed by atoms with E-state index in [0.717, 1.165) is 56.4 Å². The molecule has 5 rings (SSSR count). The maximum Gasteiger partial charge on any atom is 0.239 e. The number of imidazole rings is 1. The van der Waals surface area contributed by atoms with Gasteiger partial charge in [0.25, 0.3) is 0 Å². The summed E-state index contributed by atoms with van der Waals surface area (Å²) < 4.78 is 2.04. The number of aryl methyl sites for hydroxylation is 1. The van der Waals surface area contributed by atoms with Gasteiger partial charge in [-0.05, 0) is 69.1 Å². The van der Waals surface area contributed by atoms with E-state index in [-0.39, 0.29) is 23.8 Å². The van der Waals surface area contributed by atoms with Crippen LogP contribution < -0.4 is 10.6 Å². The van der Waals surface area contributed by atoms with Crippen molar-refractivity contribution in [3.8, 4) is 0 Å². The molecule has 6 heteroatoms. The van der Waals surface area contributed by atoms with Crippen molar-refractivity contribution >= 4 is 11.8 Å². The second kappa shape index (κ2) is 7.41. The Morgan fingerprint density at radius 1 is 1.04 bits per heavy atom. The largest absolute Gasteiger partial charge is 0.355 e. The summed E-state index contributed by atoms with van der Waals surface area (Å²) in [5.74, 6) is 2.29. The molecule has 0 radical (unpaired) electrons. The second-order valence-corrected chi connectivity index (χ2v) is 8.74. The molecule has 0 unspecified atom stereocenters. The lowest BCUT2D eigenvalue weighted by Gasteiger charge is -2.55. The molecule has 0 atom stereocenters. The van der Waals surface area contributed by atoms with Crippen LogP contribution in [-0.4, -0.2) is 34.5 Å². The van der Waals surface area contributed by atoms with Crippen molar-refractivity contribution in [2.75, 3.05) is 13.1 Å². The average molecular weight is 358 g/mol. The Hall–Kier alpha value is -1.85. The molecule has 1 aromatic rings. The van der Waals surface area contributed by atoms with E-state index in [1.807, 2.05) is 10.8 Å². The highest BCUT2D eigenvalue weighted by Crippen LogP contribution is 2.60. The van der Waals surface area contributed by atoms with Gasteiger partial charge >= 0.3 is 0 Å². The number of hydrogen-bond acceptors (Lipinski definition) is 3. The highest BCUT2D eigenvalue weighted by atomic mass is 16.2. The highest BCUT2D eigenvalue weighted by molar-refractivity contribution is 5.88. The third kappa shape index (κ3) is 3.79. The number of aromatic nitrogens is 2. The normalized spacial score (nSPS) is 31.8. The van der Waals surface area contributed by atoms with Crippen LogP contribution in [0.2, 0.25) is 0 Å². The van der Waals surface area contributed by atoms with Gasteiger partial charge in [0.15, 0.2) is 0 Å². The summed E-state index contributed by atoms with van der Waals surface area (Å²) in [6.07, 6.45) is 14.5. The first kappa shape index (κ1) is 17.6. The van der Waals surface area contributed by atoms with Gasteiger partial charge in [0.1, 0.15) is 0 Å². The standard InChI is InChI=1S/C20H30N4O2/c25-18(22-3-1-2-5-24-6-4-21-14-24)13-23-19(26)20-10-15-7-16(11-20)9-17(8-15)12-20/h4,6,14-17H,1-3,5,7-13H2,(H,22,25)(H,23,26). The number of carbonyl (C=O) groups is 2. The van der Waals surface area contributed by atoms with Crippen molar-refractivity contribution in [3.63, 3.8) is 0 Å². The third-order valence-corrected chi connectivity index (χ3v) is 6.65. The van der Waals surface area contributed by atoms with E-state index in [4.69, 9.17) is 0 Å². The minimum absolute atomic E-state index is 0.0780. The molecule has 0 saturated heterocycles. The molecule has 4 aliphatic rings. The lowest BCUT2D eigenvalue weighted by atomic mass is 9.49. The number of amides is 2. The number of unbranched alkanes of at least 4 members (excludes halogenated alkanes) is 1. The zero-order chi connectivity index (χ0) is 18.0. The van der Waals surface area contributed by atoms with Crippen LogP contribution in [0, 0.1) is 23.2 Å². The number of rotatable bonds is 8. The lowest BCUT2D eigenvalue weighted by Crippen LogP contribution is -2.54. The summed E-state index contributed by atoms with van der Waals surface area (Å²) in [7, 11) is 0. The van der Waals surface area contributed by atoms with E-state index in [0.29, 0.717) is 6.54 Å². The molecular formula is C20H30N4O2. The first-order valence-corrected chi connectivity index (χ1v) is 10.1. The van der Waals surface area contributed by atoms with Crippen molar-refractivity contribution in [1.82, 2.24) is 20.2 Å². The fourth-order valence-electron chi connectivity index (χ4n) is 5.87. The molecule has 0 spiro atoms. The fraction of sp³-hybridized carbons (Fsp3) is 0.750. The van der Waals surface area contributed by atoms with Crippen molar-refractivity contribution in [3.05, 3.63) is 18.7 Å². The minimum Gasteiger partial charge on any atom is -0.355 e. The van der Waals surface area contributed by atoms with Crippen LogP contribution in [0.3, 0.4) is 0 Å².